The van der Waals surface area contributed by atoms with E-state index in [1.807, 2.05) is 42.5 Å². The zero-order valence-electron chi connectivity index (χ0n) is 11.5. The van der Waals surface area contributed by atoms with Gasteiger partial charge in [-0.2, -0.15) is 0 Å². The fraction of sp³-hybridized carbons (Fsp3) is 0.235. The topological polar surface area (TPSA) is 29.1 Å². The van der Waals surface area contributed by atoms with Gasteiger partial charge in [0.1, 0.15) is 0 Å². The summed E-state index contributed by atoms with van der Waals surface area (Å²) in [5.74, 6) is -0.0275. The molecule has 2 aromatic carbocycles. The van der Waals surface area contributed by atoms with Crippen molar-refractivity contribution in [2.45, 2.75) is 25.8 Å². The molecule has 0 radical (unpaired) electrons. The summed E-state index contributed by atoms with van der Waals surface area (Å²) in [6, 6.07) is 17.9. The summed E-state index contributed by atoms with van der Waals surface area (Å²) in [6.45, 7) is 2.09. The second kappa shape index (κ2) is 7.25. The van der Waals surface area contributed by atoms with E-state index in [4.69, 9.17) is 0 Å². The summed E-state index contributed by atoms with van der Waals surface area (Å²) >= 11 is 3.41. The van der Waals surface area contributed by atoms with E-state index in [9.17, 15) is 4.79 Å². The highest BCUT2D eigenvalue weighted by molar-refractivity contribution is 9.10. The normalized spacial score (nSPS) is 11.9. The molecule has 0 saturated heterocycles. The second-order valence-corrected chi connectivity index (χ2v) is 5.60. The van der Waals surface area contributed by atoms with Gasteiger partial charge in [0.25, 0.3) is 5.91 Å². The zero-order valence-corrected chi connectivity index (χ0v) is 13.1. The first-order valence-corrected chi connectivity index (χ1v) is 7.59. The standard InChI is InChI=1S/C17H18BrNO/c1-2-14(12-13-8-4-3-5-9-13)19-17(20)15-10-6-7-11-16(15)18/h3-11,14H,2,12H2,1H3,(H,19,20). The van der Waals surface area contributed by atoms with Gasteiger partial charge in [-0.1, -0.05) is 49.4 Å². The Hall–Kier alpha value is -1.61. The Morgan fingerprint density at radius 1 is 1.10 bits per heavy atom. The van der Waals surface area contributed by atoms with Gasteiger partial charge in [0, 0.05) is 10.5 Å². The molecule has 0 spiro atoms. The van der Waals surface area contributed by atoms with Crippen LogP contribution in [0.5, 0.6) is 0 Å². The molecule has 1 atom stereocenters. The highest BCUT2D eigenvalue weighted by Crippen LogP contribution is 2.16. The molecule has 1 amide bonds. The van der Waals surface area contributed by atoms with Gasteiger partial charge < -0.3 is 5.32 Å². The van der Waals surface area contributed by atoms with Crippen molar-refractivity contribution >= 4 is 21.8 Å². The molecule has 0 aliphatic heterocycles. The lowest BCUT2D eigenvalue weighted by molar-refractivity contribution is 0.0935. The molecule has 3 heteroatoms. The molecule has 1 unspecified atom stereocenters. The van der Waals surface area contributed by atoms with Gasteiger partial charge in [-0.15, -0.1) is 0 Å². The number of amides is 1. The van der Waals surface area contributed by atoms with E-state index in [0.717, 1.165) is 17.3 Å². The first-order chi connectivity index (χ1) is 9.70. The molecular weight excluding hydrogens is 314 g/mol. The van der Waals surface area contributed by atoms with Crippen LogP contribution in [0.1, 0.15) is 29.3 Å². The Balaban J connectivity index is 2.03. The Morgan fingerprint density at radius 3 is 2.40 bits per heavy atom. The average Bonchev–Trinajstić information content (AvgIpc) is 2.48. The third kappa shape index (κ3) is 3.94. The second-order valence-electron chi connectivity index (χ2n) is 4.75. The van der Waals surface area contributed by atoms with Gasteiger partial charge in [-0.05, 0) is 46.5 Å². The summed E-state index contributed by atoms with van der Waals surface area (Å²) in [5, 5.41) is 3.10. The monoisotopic (exact) mass is 331 g/mol. The van der Waals surface area contributed by atoms with Crippen LogP contribution in [0, 0.1) is 0 Å². The Morgan fingerprint density at radius 2 is 1.75 bits per heavy atom. The predicted molar refractivity (Wildman–Crippen MR) is 85.8 cm³/mol. The zero-order chi connectivity index (χ0) is 14.4. The molecule has 0 saturated carbocycles. The minimum atomic E-state index is -0.0275. The molecule has 20 heavy (non-hydrogen) atoms. The molecule has 1 N–H and O–H groups in total. The summed E-state index contributed by atoms with van der Waals surface area (Å²) in [7, 11) is 0. The molecule has 2 aromatic rings. The number of rotatable bonds is 5. The van der Waals surface area contributed by atoms with Crippen LogP contribution in [0.25, 0.3) is 0 Å². The number of benzene rings is 2. The highest BCUT2D eigenvalue weighted by atomic mass is 79.9. The Bertz CT molecular complexity index is 568. The average molecular weight is 332 g/mol. The van der Waals surface area contributed by atoms with E-state index in [2.05, 4.69) is 40.3 Å². The van der Waals surface area contributed by atoms with Crippen LogP contribution < -0.4 is 5.32 Å². The van der Waals surface area contributed by atoms with Crippen LogP contribution in [0.2, 0.25) is 0 Å². The quantitative estimate of drug-likeness (QED) is 0.873. The molecule has 0 heterocycles. The summed E-state index contributed by atoms with van der Waals surface area (Å²) in [6.07, 6.45) is 1.76. The van der Waals surface area contributed by atoms with Crippen molar-refractivity contribution in [3.63, 3.8) is 0 Å². The van der Waals surface area contributed by atoms with Crippen molar-refractivity contribution < 1.29 is 4.79 Å². The van der Waals surface area contributed by atoms with Crippen LogP contribution in [0.3, 0.4) is 0 Å². The first kappa shape index (κ1) is 14.8. The van der Waals surface area contributed by atoms with E-state index in [1.54, 1.807) is 0 Å². The molecule has 2 rings (SSSR count). The molecule has 0 aliphatic rings. The fourth-order valence-corrected chi connectivity index (χ4v) is 2.57. The molecule has 0 aromatic heterocycles. The molecule has 0 bridgehead atoms. The van der Waals surface area contributed by atoms with Crippen LogP contribution in [0.15, 0.2) is 59.1 Å². The highest BCUT2D eigenvalue weighted by Gasteiger charge is 2.14. The number of carbonyl (C=O) groups excluding carboxylic acids is 1. The lowest BCUT2D eigenvalue weighted by Gasteiger charge is -2.17. The van der Waals surface area contributed by atoms with Crippen molar-refractivity contribution in [3.05, 3.63) is 70.2 Å². The number of carbonyl (C=O) groups is 1. The van der Waals surface area contributed by atoms with Gasteiger partial charge in [0.15, 0.2) is 0 Å². The lowest BCUT2D eigenvalue weighted by Crippen LogP contribution is -2.36. The van der Waals surface area contributed by atoms with E-state index in [1.165, 1.54) is 5.56 Å². The van der Waals surface area contributed by atoms with Crippen molar-refractivity contribution in [1.82, 2.24) is 5.32 Å². The number of nitrogens with one attached hydrogen (secondary N) is 1. The lowest BCUT2D eigenvalue weighted by atomic mass is 10.0. The number of hydrogen-bond donors (Lipinski definition) is 1. The Labute approximate surface area is 128 Å². The largest absolute Gasteiger partial charge is 0.349 e. The van der Waals surface area contributed by atoms with Crippen molar-refractivity contribution in [2.24, 2.45) is 0 Å². The molecular formula is C17H18BrNO. The number of halogens is 1. The van der Waals surface area contributed by atoms with Gasteiger partial charge in [0.05, 0.1) is 5.56 Å². The smallest absolute Gasteiger partial charge is 0.252 e. The Kier molecular flexibility index (Phi) is 5.36. The van der Waals surface area contributed by atoms with E-state index in [0.29, 0.717) is 5.56 Å². The van der Waals surface area contributed by atoms with Crippen LogP contribution in [-0.4, -0.2) is 11.9 Å². The third-order valence-electron chi connectivity index (χ3n) is 3.27. The van der Waals surface area contributed by atoms with Crippen LogP contribution >= 0.6 is 15.9 Å². The van der Waals surface area contributed by atoms with E-state index < -0.39 is 0 Å². The molecule has 0 fully saturated rings. The van der Waals surface area contributed by atoms with Crippen molar-refractivity contribution in [1.29, 1.82) is 0 Å². The maximum absolute atomic E-state index is 12.3. The minimum absolute atomic E-state index is 0.0275. The summed E-state index contributed by atoms with van der Waals surface area (Å²) in [5.41, 5.74) is 1.92. The van der Waals surface area contributed by atoms with Gasteiger partial charge >= 0.3 is 0 Å². The summed E-state index contributed by atoms with van der Waals surface area (Å²) in [4.78, 5) is 12.3. The summed E-state index contributed by atoms with van der Waals surface area (Å²) < 4.78 is 0.826. The van der Waals surface area contributed by atoms with Crippen LogP contribution in [0.4, 0.5) is 0 Å². The van der Waals surface area contributed by atoms with E-state index >= 15 is 0 Å². The van der Waals surface area contributed by atoms with Crippen molar-refractivity contribution in [3.8, 4) is 0 Å². The maximum Gasteiger partial charge on any atom is 0.252 e. The van der Waals surface area contributed by atoms with Gasteiger partial charge in [0.2, 0.25) is 0 Å². The first-order valence-electron chi connectivity index (χ1n) is 6.80. The molecule has 0 aliphatic carbocycles. The van der Waals surface area contributed by atoms with Gasteiger partial charge in [-0.3, -0.25) is 4.79 Å². The maximum atomic E-state index is 12.3. The van der Waals surface area contributed by atoms with Gasteiger partial charge in [-0.25, -0.2) is 0 Å². The minimum Gasteiger partial charge on any atom is -0.349 e. The SMILES string of the molecule is CCC(Cc1ccccc1)NC(=O)c1ccccc1Br. The van der Waals surface area contributed by atoms with Crippen molar-refractivity contribution in [2.75, 3.05) is 0 Å². The predicted octanol–water partition coefficient (Wildman–Crippen LogP) is 4.20. The third-order valence-corrected chi connectivity index (χ3v) is 3.96. The molecule has 104 valence electrons. The van der Waals surface area contributed by atoms with E-state index in [-0.39, 0.29) is 11.9 Å². The van der Waals surface area contributed by atoms with Crippen LogP contribution in [-0.2, 0) is 6.42 Å². The number of hydrogen-bond acceptors (Lipinski definition) is 1. The fourth-order valence-electron chi connectivity index (χ4n) is 2.10. The molecule has 2 nitrogen and oxygen atoms in total.